The second-order valence-corrected chi connectivity index (χ2v) is 10.2. The van der Waals surface area contributed by atoms with Gasteiger partial charge in [0, 0.05) is 19.0 Å². The number of fused-ring (bicyclic) bond motifs is 1. The number of rotatable bonds is 5. The van der Waals surface area contributed by atoms with Gasteiger partial charge >= 0.3 is 6.09 Å². The Labute approximate surface area is 173 Å². The van der Waals surface area contributed by atoms with E-state index in [-0.39, 0.29) is 29.8 Å². The van der Waals surface area contributed by atoms with Crippen molar-refractivity contribution in [2.75, 3.05) is 19.7 Å². The van der Waals surface area contributed by atoms with Crippen LogP contribution in [0, 0.1) is 31.6 Å². The average molecular weight is 403 g/mol. The van der Waals surface area contributed by atoms with Crippen LogP contribution in [0.3, 0.4) is 0 Å². The smallest absolute Gasteiger partial charge is 0.410 e. The Bertz CT molecular complexity index is 785. The molecule has 6 nitrogen and oxygen atoms in total. The highest BCUT2D eigenvalue weighted by molar-refractivity contribution is 5.84. The van der Waals surface area contributed by atoms with Crippen molar-refractivity contribution in [3.63, 3.8) is 0 Å². The monoisotopic (exact) mass is 402 g/mol. The van der Waals surface area contributed by atoms with Crippen LogP contribution in [0.4, 0.5) is 4.79 Å². The fraction of sp³-hybridized carbons (Fsp3) is 0.652. The van der Waals surface area contributed by atoms with Crippen LogP contribution in [-0.2, 0) is 9.53 Å². The maximum atomic E-state index is 12.8. The summed E-state index contributed by atoms with van der Waals surface area (Å²) in [7, 11) is 0. The number of hydrogen-bond donors (Lipinski definition) is 1. The molecular formula is C23H34N2O4. The number of carbonyl (C=O) groups excluding carboxylic acids is 2. The second-order valence-electron chi connectivity index (χ2n) is 10.2. The Hall–Kier alpha value is -2.24. The van der Waals surface area contributed by atoms with Gasteiger partial charge in [-0.2, -0.15) is 0 Å². The van der Waals surface area contributed by atoms with E-state index in [9.17, 15) is 9.59 Å². The summed E-state index contributed by atoms with van der Waals surface area (Å²) in [6.45, 7) is 15.2. The van der Waals surface area contributed by atoms with E-state index < -0.39 is 11.1 Å². The number of amides is 2. The Morgan fingerprint density at radius 1 is 1.10 bits per heavy atom. The Morgan fingerprint density at radius 3 is 2.28 bits per heavy atom. The summed E-state index contributed by atoms with van der Waals surface area (Å²) in [5, 5.41) is 3.13. The van der Waals surface area contributed by atoms with E-state index in [1.807, 2.05) is 53.7 Å². The van der Waals surface area contributed by atoms with Crippen LogP contribution in [0.5, 0.6) is 5.75 Å². The van der Waals surface area contributed by atoms with Crippen LogP contribution in [0.1, 0.15) is 45.7 Å². The minimum absolute atomic E-state index is 0.0194. The van der Waals surface area contributed by atoms with Crippen molar-refractivity contribution >= 4 is 12.0 Å². The van der Waals surface area contributed by atoms with Gasteiger partial charge in [0.25, 0.3) is 0 Å². The van der Waals surface area contributed by atoms with Crippen molar-refractivity contribution in [1.29, 1.82) is 0 Å². The van der Waals surface area contributed by atoms with E-state index in [2.05, 4.69) is 18.3 Å². The van der Waals surface area contributed by atoms with Crippen molar-refractivity contribution < 1.29 is 19.1 Å². The normalized spacial score (nSPS) is 23.4. The molecule has 1 saturated carbocycles. The molecule has 1 N–H and O–H groups in total. The molecule has 0 bridgehead atoms. The Morgan fingerprint density at radius 2 is 1.72 bits per heavy atom. The molecule has 2 amide bonds. The lowest BCUT2D eigenvalue weighted by Crippen LogP contribution is -2.49. The lowest BCUT2D eigenvalue weighted by Gasteiger charge is -2.28. The molecule has 1 aromatic carbocycles. The van der Waals surface area contributed by atoms with Gasteiger partial charge in [-0.3, -0.25) is 4.79 Å². The van der Waals surface area contributed by atoms with Crippen LogP contribution in [0.2, 0.25) is 0 Å². The number of nitrogens with zero attached hydrogens (tertiary/aromatic N) is 1. The molecule has 1 heterocycles. The molecule has 160 valence electrons. The lowest BCUT2D eigenvalue weighted by atomic mass is 10.1. The summed E-state index contributed by atoms with van der Waals surface area (Å²) in [5.74, 6) is 1.35. The highest BCUT2D eigenvalue weighted by Gasteiger charge is 2.61. The van der Waals surface area contributed by atoms with E-state index in [0.29, 0.717) is 19.7 Å². The van der Waals surface area contributed by atoms with Gasteiger partial charge in [0.15, 0.2) is 0 Å². The topological polar surface area (TPSA) is 67.9 Å². The zero-order valence-electron chi connectivity index (χ0n) is 18.7. The number of benzene rings is 1. The summed E-state index contributed by atoms with van der Waals surface area (Å²) in [4.78, 5) is 26.7. The molecular weight excluding hydrogens is 368 g/mol. The van der Waals surface area contributed by atoms with Crippen molar-refractivity contribution in [1.82, 2.24) is 10.2 Å². The van der Waals surface area contributed by atoms with E-state index in [1.165, 1.54) is 5.56 Å². The highest BCUT2D eigenvalue weighted by Crippen LogP contribution is 2.52. The summed E-state index contributed by atoms with van der Waals surface area (Å²) in [6.07, 6.45) is -0.286. The van der Waals surface area contributed by atoms with E-state index in [4.69, 9.17) is 9.47 Å². The van der Waals surface area contributed by atoms with Crippen molar-refractivity contribution in [3.8, 4) is 5.75 Å². The maximum Gasteiger partial charge on any atom is 0.410 e. The molecule has 6 heteroatoms. The number of likely N-dealkylation sites (tertiary alicyclic amines) is 1. The van der Waals surface area contributed by atoms with Crippen LogP contribution in [0.25, 0.3) is 0 Å². The Kier molecular flexibility index (Phi) is 5.58. The van der Waals surface area contributed by atoms with E-state index in [1.54, 1.807) is 4.90 Å². The molecule has 1 saturated heterocycles. The third-order valence-electron chi connectivity index (χ3n) is 5.53. The van der Waals surface area contributed by atoms with Crippen molar-refractivity contribution in [2.45, 2.75) is 59.6 Å². The van der Waals surface area contributed by atoms with Crippen LogP contribution in [0.15, 0.2) is 18.2 Å². The quantitative estimate of drug-likeness (QED) is 0.816. The number of hydrogen-bond acceptors (Lipinski definition) is 4. The van der Waals surface area contributed by atoms with Gasteiger partial charge in [0.2, 0.25) is 5.91 Å². The number of aryl methyl sites for hydroxylation is 2. The summed E-state index contributed by atoms with van der Waals surface area (Å²) < 4.78 is 11.4. The minimum Gasteiger partial charge on any atom is -0.491 e. The summed E-state index contributed by atoms with van der Waals surface area (Å²) in [6, 6.07) is 6.08. The largest absolute Gasteiger partial charge is 0.491 e. The zero-order valence-corrected chi connectivity index (χ0v) is 18.7. The lowest BCUT2D eigenvalue weighted by molar-refractivity contribution is -0.125. The maximum absolute atomic E-state index is 12.8. The van der Waals surface area contributed by atoms with Crippen LogP contribution < -0.4 is 10.1 Å². The van der Waals surface area contributed by atoms with Gasteiger partial charge in [-0.1, -0.05) is 17.7 Å². The molecule has 1 aliphatic carbocycles. The van der Waals surface area contributed by atoms with Crippen molar-refractivity contribution in [2.24, 2.45) is 17.8 Å². The number of ether oxygens (including phenoxy) is 2. The number of piperidine rings is 1. The predicted molar refractivity (Wildman–Crippen MR) is 112 cm³/mol. The molecule has 3 atom stereocenters. The van der Waals surface area contributed by atoms with Gasteiger partial charge in [0.05, 0.1) is 5.54 Å². The first-order valence-electron chi connectivity index (χ1n) is 10.4. The molecule has 2 fully saturated rings. The fourth-order valence-electron chi connectivity index (χ4n) is 4.06. The highest BCUT2D eigenvalue weighted by atomic mass is 16.6. The third-order valence-corrected chi connectivity index (χ3v) is 5.53. The van der Waals surface area contributed by atoms with Crippen molar-refractivity contribution in [3.05, 3.63) is 29.3 Å². The molecule has 0 radical (unpaired) electrons. The first kappa shape index (κ1) is 21.5. The standard InChI is InChI=1S/C23H34N2O4/c1-14-8-9-18(15(2)10-14)28-13-23(6,7)24-20(26)19-16-11-25(12-17(16)19)21(27)29-22(3,4)5/h8-10,16-17,19H,11-13H2,1-7H3,(H,24,26)/t16-,17+,19?. The molecule has 1 aliphatic heterocycles. The molecule has 29 heavy (non-hydrogen) atoms. The fourth-order valence-corrected chi connectivity index (χ4v) is 4.06. The SMILES string of the molecule is Cc1ccc(OCC(C)(C)NC(=O)C2[C@H]3CN(C(=O)OC(C)(C)C)C[C@@H]23)c(C)c1. The predicted octanol–water partition coefficient (Wildman–Crippen LogP) is 3.69. The van der Waals surface area contributed by atoms with E-state index in [0.717, 1.165) is 11.3 Å². The molecule has 2 aliphatic rings. The average Bonchev–Trinajstić information content (AvgIpc) is 3.06. The summed E-state index contributed by atoms with van der Waals surface area (Å²) in [5.41, 5.74) is 1.31. The minimum atomic E-state index is -0.500. The second kappa shape index (κ2) is 7.54. The van der Waals surface area contributed by atoms with Gasteiger partial charge in [-0.25, -0.2) is 4.79 Å². The molecule has 0 spiro atoms. The van der Waals surface area contributed by atoms with Crippen LogP contribution >= 0.6 is 0 Å². The van der Waals surface area contributed by atoms with E-state index >= 15 is 0 Å². The number of carbonyl (C=O) groups is 2. The molecule has 0 aromatic heterocycles. The first-order chi connectivity index (χ1) is 13.4. The zero-order chi connectivity index (χ0) is 21.6. The molecule has 3 rings (SSSR count). The van der Waals surface area contributed by atoms with Gasteiger partial charge in [-0.15, -0.1) is 0 Å². The third kappa shape index (κ3) is 5.22. The van der Waals surface area contributed by atoms with Gasteiger partial charge in [0.1, 0.15) is 18.0 Å². The van der Waals surface area contributed by atoms with Gasteiger partial charge in [-0.05, 0) is 71.9 Å². The molecule has 1 unspecified atom stereocenters. The Balaban J connectivity index is 1.47. The molecule has 1 aromatic rings. The first-order valence-corrected chi connectivity index (χ1v) is 10.4. The number of nitrogens with one attached hydrogen (secondary N) is 1. The van der Waals surface area contributed by atoms with Crippen LogP contribution in [-0.4, -0.2) is 47.7 Å². The summed E-state index contributed by atoms with van der Waals surface area (Å²) >= 11 is 0. The van der Waals surface area contributed by atoms with Gasteiger partial charge < -0.3 is 19.7 Å².